The van der Waals surface area contributed by atoms with E-state index in [1.807, 2.05) is 91.0 Å². The molecule has 0 aliphatic rings. The van der Waals surface area contributed by atoms with Crippen LogP contribution in [0, 0.1) is 0 Å². The second-order valence-electron chi connectivity index (χ2n) is 7.71. The SMILES string of the molecule is CCOC(=O)C[C@@H](COC(c1ccccc1)(c1ccccc1)c1ccccc1)OC(=O)/C=C/CCl. The fraction of sp³-hybridized carbons (Fsp3) is 0.241. The van der Waals surface area contributed by atoms with Crippen LogP contribution in [-0.4, -0.2) is 37.1 Å². The van der Waals surface area contributed by atoms with Gasteiger partial charge in [-0.05, 0) is 23.6 Å². The van der Waals surface area contributed by atoms with Crippen molar-refractivity contribution in [3.8, 4) is 0 Å². The first-order valence-electron chi connectivity index (χ1n) is 11.5. The van der Waals surface area contributed by atoms with Crippen LogP contribution in [0.3, 0.4) is 0 Å². The van der Waals surface area contributed by atoms with Crippen LogP contribution in [0.5, 0.6) is 0 Å². The smallest absolute Gasteiger partial charge is 0.330 e. The zero-order valence-electron chi connectivity index (χ0n) is 19.6. The minimum atomic E-state index is -1.00. The lowest BCUT2D eigenvalue weighted by Crippen LogP contribution is -2.37. The van der Waals surface area contributed by atoms with Gasteiger partial charge >= 0.3 is 11.9 Å². The molecule has 0 N–H and O–H groups in total. The van der Waals surface area contributed by atoms with Crippen LogP contribution in [0.1, 0.15) is 30.0 Å². The van der Waals surface area contributed by atoms with Gasteiger partial charge in [0.25, 0.3) is 0 Å². The zero-order chi connectivity index (χ0) is 24.9. The third kappa shape index (κ3) is 7.04. The Morgan fingerprint density at radius 1 is 0.857 bits per heavy atom. The van der Waals surface area contributed by atoms with Gasteiger partial charge in [0.15, 0.2) is 0 Å². The van der Waals surface area contributed by atoms with Crippen molar-refractivity contribution in [2.24, 2.45) is 0 Å². The van der Waals surface area contributed by atoms with Gasteiger partial charge in [0.2, 0.25) is 0 Å². The maximum absolute atomic E-state index is 12.3. The van der Waals surface area contributed by atoms with Crippen molar-refractivity contribution >= 4 is 23.5 Å². The Kier molecular flexibility index (Phi) is 10.1. The Balaban J connectivity index is 2.03. The Hall–Kier alpha value is -3.41. The molecule has 6 heteroatoms. The van der Waals surface area contributed by atoms with Crippen molar-refractivity contribution in [2.45, 2.75) is 25.0 Å². The fourth-order valence-corrected chi connectivity index (χ4v) is 3.96. The lowest BCUT2D eigenvalue weighted by atomic mass is 9.80. The second kappa shape index (κ2) is 13.5. The summed E-state index contributed by atoms with van der Waals surface area (Å²) < 4.78 is 17.4. The van der Waals surface area contributed by atoms with Crippen molar-refractivity contribution in [3.05, 3.63) is 120 Å². The second-order valence-corrected chi connectivity index (χ2v) is 8.02. The molecule has 0 fully saturated rings. The molecule has 0 aliphatic heterocycles. The lowest BCUT2D eigenvalue weighted by molar-refractivity contribution is -0.157. The molecule has 1 atom stereocenters. The van der Waals surface area contributed by atoms with Gasteiger partial charge in [-0.3, -0.25) is 4.79 Å². The third-order valence-corrected chi connectivity index (χ3v) is 5.53. The molecule has 0 spiro atoms. The largest absolute Gasteiger partial charge is 0.466 e. The van der Waals surface area contributed by atoms with Crippen molar-refractivity contribution in [1.82, 2.24) is 0 Å². The van der Waals surface area contributed by atoms with E-state index in [2.05, 4.69) is 0 Å². The summed E-state index contributed by atoms with van der Waals surface area (Å²) in [5.41, 5.74) is 1.71. The molecule has 3 rings (SSSR count). The van der Waals surface area contributed by atoms with Gasteiger partial charge in [-0.15, -0.1) is 11.6 Å². The predicted octanol–water partition coefficient (Wildman–Crippen LogP) is 5.66. The van der Waals surface area contributed by atoms with Crippen LogP contribution in [0.25, 0.3) is 0 Å². The maximum Gasteiger partial charge on any atom is 0.330 e. The van der Waals surface area contributed by atoms with E-state index < -0.39 is 23.6 Å². The van der Waals surface area contributed by atoms with E-state index >= 15 is 0 Å². The highest BCUT2D eigenvalue weighted by atomic mass is 35.5. The topological polar surface area (TPSA) is 61.8 Å². The maximum atomic E-state index is 12.3. The first kappa shape index (κ1) is 26.2. The van der Waals surface area contributed by atoms with Crippen molar-refractivity contribution < 1.29 is 23.8 Å². The number of hydrogen-bond donors (Lipinski definition) is 0. The summed E-state index contributed by atoms with van der Waals surface area (Å²) >= 11 is 5.64. The van der Waals surface area contributed by atoms with E-state index in [9.17, 15) is 9.59 Å². The molecular formula is C29H29ClO5. The minimum absolute atomic E-state index is 0.0437. The molecular weight excluding hydrogens is 464 g/mol. The molecule has 182 valence electrons. The summed E-state index contributed by atoms with van der Waals surface area (Å²) in [4.78, 5) is 24.6. The first-order chi connectivity index (χ1) is 17.1. The Morgan fingerprint density at radius 2 is 1.34 bits per heavy atom. The highest BCUT2D eigenvalue weighted by molar-refractivity contribution is 6.19. The summed E-state index contributed by atoms with van der Waals surface area (Å²) in [5.74, 6) is -0.902. The van der Waals surface area contributed by atoms with E-state index in [1.54, 1.807) is 6.92 Å². The monoisotopic (exact) mass is 492 g/mol. The number of allylic oxidation sites excluding steroid dienone is 1. The number of rotatable bonds is 12. The Labute approximate surface area is 211 Å². The Morgan fingerprint density at radius 3 is 1.77 bits per heavy atom. The summed E-state index contributed by atoms with van der Waals surface area (Å²) in [6, 6.07) is 29.5. The molecule has 0 saturated heterocycles. The molecule has 5 nitrogen and oxygen atoms in total. The number of hydrogen-bond acceptors (Lipinski definition) is 5. The molecule has 3 aromatic carbocycles. The van der Waals surface area contributed by atoms with Crippen LogP contribution < -0.4 is 0 Å². The standard InChI is InChI=1S/C29H29ClO5/c1-2-33-28(32)21-26(35-27(31)19-12-20-30)22-34-29(23-13-6-3-7-14-23,24-15-8-4-9-16-24)25-17-10-5-11-18-25/h3-19,26H,2,20-22H2,1H3/b19-12+/t26-/m0/s1. The van der Waals surface area contributed by atoms with Gasteiger partial charge in [0, 0.05) is 12.0 Å². The molecule has 0 unspecified atom stereocenters. The molecule has 0 radical (unpaired) electrons. The normalized spacial score (nSPS) is 12.3. The molecule has 0 amide bonds. The summed E-state index contributed by atoms with van der Waals surface area (Å²) in [7, 11) is 0. The van der Waals surface area contributed by atoms with Gasteiger partial charge in [-0.1, -0.05) is 97.1 Å². The average Bonchev–Trinajstić information content (AvgIpc) is 2.90. The number of alkyl halides is 1. The lowest BCUT2D eigenvalue weighted by Gasteiger charge is -2.37. The van der Waals surface area contributed by atoms with Gasteiger partial charge in [0.05, 0.1) is 19.6 Å². The molecule has 35 heavy (non-hydrogen) atoms. The van der Waals surface area contributed by atoms with Crippen LogP contribution >= 0.6 is 11.6 Å². The van der Waals surface area contributed by atoms with E-state index in [0.29, 0.717) is 0 Å². The summed E-state index contributed by atoms with van der Waals surface area (Å²) in [6.07, 6.45) is 1.72. The van der Waals surface area contributed by atoms with E-state index in [-0.39, 0.29) is 25.5 Å². The number of carbonyl (C=O) groups excluding carboxylic acids is 2. The van der Waals surface area contributed by atoms with Crippen LogP contribution in [0.4, 0.5) is 0 Å². The van der Waals surface area contributed by atoms with Gasteiger partial charge in [-0.2, -0.15) is 0 Å². The van der Waals surface area contributed by atoms with Crippen molar-refractivity contribution in [3.63, 3.8) is 0 Å². The summed E-state index contributed by atoms with van der Waals surface area (Å²) in [6.45, 7) is 1.91. The highest BCUT2D eigenvalue weighted by Crippen LogP contribution is 2.40. The number of benzene rings is 3. The molecule has 0 aliphatic carbocycles. The Bertz CT molecular complexity index is 987. The minimum Gasteiger partial charge on any atom is -0.466 e. The van der Waals surface area contributed by atoms with Crippen LogP contribution in [0.15, 0.2) is 103 Å². The zero-order valence-corrected chi connectivity index (χ0v) is 20.4. The molecule has 0 bridgehead atoms. The predicted molar refractivity (Wildman–Crippen MR) is 136 cm³/mol. The van der Waals surface area contributed by atoms with Gasteiger partial charge < -0.3 is 14.2 Å². The number of esters is 2. The first-order valence-corrected chi connectivity index (χ1v) is 12.0. The van der Waals surface area contributed by atoms with Crippen LogP contribution in [0.2, 0.25) is 0 Å². The highest BCUT2D eigenvalue weighted by Gasteiger charge is 2.38. The van der Waals surface area contributed by atoms with E-state index in [4.69, 9.17) is 25.8 Å². The molecule has 0 saturated carbocycles. The quantitative estimate of drug-likeness (QED) is 0.141. The summed E-state index contributed by atoms with van der Waals surface area (Å²) in [5, 5.41) is 0. The number of ether oxygens (including phenoxy) is 3. The van der Waals surface area contributed by atoms with Crippen molar-refractivity contribution in [1.29, 1.82) is 0 Å². The van der Waals surface area contributed by atoms with E-state index in [1.165, 1.54) is 12.2 Å². The van der Waals surface area contributed by atoms with Crippen molar-refractivity contribution in [2.75, 3.05) is 19.1 Å². The molecule has 0 heterocycles. The molecule has 0 aromatic heterocycles. The number of halogens is 1. The third-order valence-electron chi connectivity index (χ3n) is 5.35. The molecule has 3 aromatic rings. The van der Waals surface area contributed by atoms with E-state index in [0.717, 1.165) is 16.7 Å². The van der Waals surface area contributed by atoms with Crippen LogP contribution in [-0.2, 0) is 29.4 Å². The average molecular weight is 493 g/mol. The number of carbonyl (C=O) groups is 2. The fourth-order valence-electron chi connectivity index (χ4n) is 3.87. The van der Waals surface area contributed by atoms with Gasteiger partial charge in [-0.25, -0.2) is 4.79 Å². The van der Waals surface area contributed by atoms with Gasteiger partial charge in [0.1, 0.15) is 11.7 Å².